The highest BCUT2D eigenvalue weighted by Gasteiger charge is 2.33. The van der Waals surface area contributed by atoms with Crippen molar-refractivity contribution in [3.05, 3.63) is 29.6 Å². The fraction of sp³-hybridized carbons (Fsp3) is 0.588. The van der Waals surface area contributed by atoms with Gasteiger partial charge in [0, 0.05) is 6.54 Å². The Labute approximate surface area is 143 Å². The average molecular weight is 363 g/mol. The number of hydrogen-bond acceptors (Lipinski definition) is 3. The quantitative estimate of drug-likeness (QED) is 0.720. The molecule has 0 unspecified atom stereocenters. The summed E-state index contributed by atoms with van der Waals surface area (Å²) in [6.07, 6.45) is -4.61. The molecule has 8 heteroatoms. The van der Waals surface area contributed by atoms with Crippen LogP contribution >= 0.6 is 0 Å². The highest BCUT2D eigenvalue weighted by atomic mass is 19.4. The van der Waals surface area contributed by atoms with Crippen LogP contribution in [0.5, 0.6) is 5.75 Å². The van der Waals surface area contributed by atoms with E-state index >= 15 is 0 Å². The molecule has 140 valence electrons. The maximum Gasteiger partial charge on any atom is 0.416 e. The molecule has 1 amide bonds. The Morgan fingerprint density at radius 3 is 2.52 bits per heavy atom. The Morgan fingerprint density at radius 1 is 1.24 bits per heavy atom. The lowest BCUT2D eigenvalue weighted by Gasteiger charge is -2.34. The molecule has 1 atom stereocenters. The second-order valence-electron chi connectivity index (χ2n) is 6.95. The minimum Gasteiger partial charge on any atom is -0.485 e. The van der Waals surface area contributed by atoms with Crippen LogP contribution in [-0.4, -0.2) is 35.8 Å². The second-order valence-corrected chi connectivity index (χ2v) is 6.95. The van der Waals surface area contributed by atoms with E-state index in [4.69, 9.17) is 9.47 Å². The maximum atomic E-state index is 13.8. The molecule has 0 aromatic heterocycles. The first-order valence-corrected chi connectivity index (χ1v) is 7.97. The van der Waals surface area contributed by atoms with Gasteiger partial charge in [-0.05, 0) is 51.8 Å². The number of piperidine rings is 1. The van der Waals surface area contributed by atoms with Crippen LogP contribution in [0.4, 0.5) is 22.4 Å². The van der Waals surface area contributed by atoms with E-state index in [0.717, 1.165) is 6.07 Å². The molecule has 1 aromatic carbocycles. The standard InChI is InChI=1S/C17H21F4NO3/c1-16(2,3)25-15(23)22-8-4-5-12(10-22)24-14-9-11(17(19,20)21)6-7-13(14)18/h6-7,9,12H,4-5,8,10H2,1-3H3/t12-/m0/s1. The molecule has 1 aromatic rings. The first kappa shape index (κ1) is 19.3. The zero-order valence-corrected chi connectivity index (χ0v) is 14.3. The highest BCUT2D eigenvalue weighted by Crippen LogP contribution is 2.33. The molecule has 0 spiro atoms. The van der Waals surface area contributed by atoms with Crippen molar-refractivity contribution in [2.24, 2.45) is 0 Å². The number of rotatable bonds is 2. The summed E-state index contributed by atoms with van der Waals surface area (Å²) in [6, 6.07) is 2.03. The summed E-state index contributed by atoms with van der Waals surface area (Å²) < 4.78 is 62.7. The van der Waals surface area contributed by atoms with E-state index in [1.54, 1.807) is 20.8 Å². The number of amides is 1. The number of halogens is 4. The summed E-state index contributed by atoms with van der Waals surface area (Å²) in [5.74, 6) is -1.34. The molecule has 0 N–H and O–H groups in total. The lowest BCUT2D eigenvalue weighted by molar-refractivity contribution is -0.137. The predicted molar refractivity (Wildman–Crippen MR) is 82.9 cm³/mol. The van der Waals surface area contributed by atoms with E-state index < -0.39 is 41.1 Å². The van der Waals surface area contributed by atoms with Gasteiger partial charge in [-0.1, -0.05) is 0 Å². The molecule has 2 rings (SSSR count). The Bertz CT molecular complexity index is 625. The minimum atomic E-state index is -4.58. The summed E-state index contributed by atoms with van der Waals surface area (Å²) in [5, 5.41) is 0. The number of hydrogen-bond donors (Lipinski definition) is 0. The van der Waals surface area contributed by atoms with Crippen LogP contribution in [0.2, 0.25) is 0 Å². The van der Waals surface area contributed by atoms with Gasteiger partial charge in [0.1, 0.15) is 11.7 Å². The summed E-state index contributed by atoms with van der Waals surface area (Å²) >= 11 is 0. The van der Waals surface area contributed by atoms with Crippen LogP contribution in [0, 0.1) is 5.82 Å². The molecule has 1 fully saturated rings. The fourth-order valence-electron chi connectivity index (χ4n) is 2.48. The molecule has 0 aliphatic carbocycles. The number of alkyl halides is 3. The van der Waals surface area contributed by atoms with E-state index in [1.807, 2.05) is 0 Å². The number of ether oxygens (including phenoxy) is 2. The molecule has 1 aliphatic heterocycles. The number of benzene rings is 1. The van der Waals surface area contributed by atoms with Gasteiger partial charge in [0.05, 0.1) is 12.1 Å². The first-order valence-electron chi connectivity index (χ1n) is 7.97. The van der Waals surface area contributed by atoms with Gasteiger partial charge < -0.3 is 14.4 Å². The summed E-state index contributed by atoms with van der Waals surface area (Å²) in [5.41, 5.74) is -1.64. The predicted octanol–water partition coefficient (Wildman–Crippen LogP) is 4.62. The van der Waals surface area contributed by atoms with Gasteiger partial charge in [0.2, 0.25) is 0 Å². The van der Waals surface area contributed by atoms with Crippen molar-refractivity contribution in [2.75, 3.05) is 13.1 Å². The Morgan fingerprint density at radius 2 is 1.92 bits per heavy atom. The summed E-state index contributed by atoms with van der Waals surface area (Å²) in [7, 11) is 0. The van der Waals surface area contributed by atoms with Gasteiger partial charge in [0.15, 0.2) is 11.6 Å². The van der Waals surface area contributed by atoms with E-state index in [0.29, 0.717) is 31.5 Å². The zero-order chi connectivity index (χ0) is 18.8. The SMILES string of the molecule is CC(C)(C)OC(=O)N1CCC[C@H](Oc2cc(C(F)(F)F)ccc2F)C1. The molecular weight excluding hydrogens is 342 g/mol. The second kappa shape index (κ2) is 7.09. The van der Waals surface area contributed by atoms with Crippen molar-refractivity contribution in [1.29, 1.82) is 0 Å². The molecular formula is C17H21F4NO3. The largest absolute Gasteiger partial charge is 0.485 e. The number of nitrogens with zero attached hydrogens (tertiary/aromatic N) is 1. The molecule has 1 saturated heterocycles. The normalized spacial score (nSPS) is 18.8. The van der Waals surface area contributed by atoms with Crippen LogP contribution in [0.15, 0.2) is 18.2 Å². The number of likely N-dealkylation sites (tertiary alicyclic amines) is 1. The van der Waals surface area contributed by atoms with E-state index in [-0.39, 0.29) is 6.54 Å². The van der Waals surface area contributed by atoms with Crippen LogP contribution in [0.3, 0.4) is 0 Å². The topological polar surface area (TPSA) is 38.8 Å². The third kappa shape index (κ3) is 5.51. The Balaban J connectivity index is 2.07. The molecule has 1 aliphatic rings. The van der Waals surface area contributed by atoms with Gasteiger partial charge in [-0.25, -0.2) is 9.18 Å². The molecule has 0 bridgehead atoms. The molecule has 0 saturated carbocycles. The smallest absolute Gasteiger partial charge is 0.416 e. The van der Waals surface area contributed by atoms with Crippen LogP contribution < -0.4 is 4.74 Å². The van der Waals surface area contributed by atoms with E-state index in [1.165, 1.54) is 4.90 Å². The third-order valence-corrected chi connectivity index (χ3v) is 3.58. The average Bonchev–Trinajstić information content (AvgIpc) is 2.47. The van der Waals surface area contributed by atoms with Gasteiger partial charge >= 0.3 is 12.3 Å². The molecule has 25 heavy (non-hydrogen) atoms. The molecule has 4 nitrogen and oxygen atoms in total. The Hall–Kier alpha value is -1.99. The molecule has 0 radical (unpaired) electrons. The lowest BCUT2D eigenvalue weighted by atomic mass is 10.1. The zero-order valence-electron chi connectivity index (χ0n) is 14.3. The van der Waals surface area contributed by atoms with Crippen molar-refractivity contribution in [2.45, 2.75) is 51.5 Å². The third-order valence-electron chi connectivity index (χ3n) is 3.58. The monoisotopic (exact) mass is 363 g/mol. The van der Waals surface area contributed by atoms with Crippen LogP contribution in [0.1, 0.15) is 39.2 Å². The van der Waals surface area contributed by atoms with Gasteiger partial charge in [-0.15, -0.1) is 0 Å². The maximum absolute atomic E-state index is 13.8. The van der Waals surface area contributed by atoms with Crippen molar-refractivity contribution < 1.29 is 31.8 Å². The summed E-state index contributed by atoms with van der Waals surface area (Å²) in [4.78, 5) is 13.5. The lowest BCUT2D eigenvalue weighted by Crippen LogP contribution is -2.46. The first-order chi connectivity index (χ1) is 11.5. The van der Waals surface area contributed by atoms with E-state index in [2.05, 4.69) is 0 Å². The van der Waals surface area contributed by atoms with Crippen molar-refractivity contribution in [1.82, 2.24) is 4.90 Å². The Kier molecular flexibility index (Phi) is 5.49. The summed E-state index contributed by atoms with van der Waals surface area (Å²) in [6.45, 7) is 5.80. The van der Waals surface area contributed by atoms with E-state index in [9.17, 15) is 22.4 Å². The van der Waals surface area contributed by atoms with Crippen molar-refractivity contribution >= 4 is 6.09 Å². The van der Waals surface area contributed by atoms with Gasteiger partial charge in [-0.2, -0.15) is 13.2 Å². The fourth-order valence-corrected chi connectivity index (χ4v) is 2.48. The van der Waals surface area contributed by atoms with Crippen molar-refractivity contribution in [3.63, 3.8) is 0 Å². The number of carbonyl (C=O) groups excluding carboxylic acids is 1. The van der Waals surface area contributed by atoms with Gasteiger partial charge in [0.25, 0.3) is 0 Å². The van der Waals surface area contributed by atoms with Gasteiger partial charge in [-0.3, -0.25) is 0 Å². The molecule has 1 heterocycles. The van der Waals surface area contributed by atoms with Crippen molar-refractivity contribution in [3.8, 4) is 5.75 Å². The highest BCUT2D eigenvalue weighted by molar-refractivity contribution is 5.68. The van der Waals surface area contributed by atoms with Crippen LogP contribution in [-0.2, 0) is 10.9 Å². The van der Waals surface area contributed by atoms with Crippen LogP contribution in [0.25, 0.3) is 0 Å². The number of carbonyl (C=O) groups is 1. The minimum absolute atomic E-state index is 0.130.